The Hall–Kier alpha value is -4.36. The lowest BCUT2D eigenvalue weighted by molar-refractivity contribution is -0.135. The van der Waals surface area contributed by atoms with Crippen LogP contribution in [0, 0.1) is 0 Å². The molecule has 1 aromatic heterocycles. The molecule has 4 aromatic rings. The third kappa shape index (κ3) is 5.16. The van der Waals surface area contributed by atoms with Crippen LogP contribution in [0.15, 0.2) is 90.8 Å². The van der Waals surface area contributed by atoms with Gasteiger partial charge in [0.25, 0.3) is 11.7 Å². The van der Waals surface area contributed by atoms with Crippen molar-refractivity contribution < 1.29 is 23.9 Å². The number of hydrogen-bond donors (Lipinski definition) is 1. The van der Waals surface area contributed by atoms with Gasteiger partial charge in [-0.15, -0.1) is 0 Å². The Kier molecular flexibility index (Phi) is 6.56. The molecule has 180 valence electrons. The number of carbonyl (C=O) groups excluding carboxylic acids is 3. The molecule has 0 saturated heterocycles. The normalized spacial score (nSPS) is 12.8. The second-order valence-electron chi connectivity index (χ2n) is 8.31. The molecule has 0 bridgehead atoms. The quantitative estimate of drug-likeness (QED) is 0.216. The van der Waals surface area contributed by atoms with Gasteiger partial charge in [0, 0.05) is 34.7 Å². The maximum absolute atomic E-state index is 13.2. The van der Waals surface area contributed by atoms with Crippen LogP contribution in [0.3, 0.4) is 0 Å². The number of hydrogen-bond acceptors (Lipinski definition) is 5. The molecule has 36 heavy (non-hydrogen) atoms. The molecule has 5 rings (SSSR count). The summed E-state index contributed by atoms with van der Waals surface area (Å²) >= 11 is 6.02. The highest BCUT2D eigenvalue weighted by Crippen LogP contribution is 2.28. The zero-order valence-electron chi connectivity index (χ0n) is 19.1. The van der Waals surface area contributed by atoms with Crippen molar-refractivity contribution in [2.24, 2.45) is 0 Å². The second kappa shape index (κ2) is 10.1. The number of esters is 1. The summed E-state index contributed by atoms with van der Waals surface area (Å²) in [5.74, 6) is -1.56. The number of amides is 1. The summed E-state index contributed by atoms with van der Waals surface area (Å²) in [4.78, 5) is 37.2. The van der Waals surface area contributed by atoms with E-state index >= 15 is 0 Å². The molecule has 2 heterocycles. The number of benzene rings is 3. The first kappa shape index (κ1) is 23.4. The van der Waals surface area contributed by atoms with Crippen LogP contribution in [0.2, 0.25) is 5.02 Å². The third-order valence-corrected chi connectivity index (χ3v) is 6.01. The van der Waals surface area contributed by atoms with Crippen molar-refractivity contribution in [2.75, 3.05) is 6.61 Å². The SMILES string of the molecule is O=C1C=C(NC(=O)C(=O)c2cn(Cc3ccc(Cl)cc3)c3ccc(OCc4ccccc4)cc23)CO1. The van der Waals surface area contributed by atoms with Crippen molar-refractivity contribution in [3.05, 3.63) is 112 Å². The van der Waals surface area contributed by atoms with Crippen LogP contribution in [0.4, 0.5) is 0 Å². The largest absolute Gasteiger partial charge is 0.489 e. The Balaban J connectivity index is 1.47. The van der Waals surface area contributed by atoms with Crippen LogP contribution in [-0.4, -0.2) is 28.8 Å². The average molecular weight is 501 g/mol. The van der Waals surface area contributed by atoms with Gasteiger partial charge in [-0.05, 0) is 41.5 Å². The molecule has 0 spiro atoms. The standard InChI is InChI=1S/C28H21ClN2O5/c29-20-8-6-18(7-9-20)14-31-15-24(27(33)28(34)30-21-12-26(32)36-17-21)23-13-22(10-11-25(23)31)35-16-19-4-2-1-3-5-19/h1-13,15H,14,16-17H2,(H,30,34). The van der Waals surface area contributed by atoms with Gasteiger partial charge in [0.1, 0.15) is 19.0 Å². The van der Waals surface area contributed by atoms with Crippen molar-refractivity contribution in [3.8, 4) is 5.75 Å². The summed E-state index contributed by atoms with van der Waals surface area (Å²) < 4.78 is 12.7. The Labute approximate surface area is 211 Å². The molecule has 1 amide bonds. The molecule has 3 aromatic carbocycles. The van der Waals surface area contributed by atoms with Crippen molar-refractivity contribution in [2.45, 2.75) is 13.2 Å². The van der Waals surface area contributed by atoms with Gasteiger partial charge >= 0.3 is 5.97 Å². The number of ketones is 1. The van der Waals surface area contributed by atoms with Gasteiger partial charge in [0.05, 0.1) is 11.3 Å². The second-order valence-corrected chi connectivity index (χ2v) is 8.75. The fourth-order valence-corrected chi connectivity index (χ4v) is 4.10. The number of carbonyl (C=O) groups is 3. The zero-order chi connectivity index (χ0) is 25.1. The number of ether oxygens (including phenoxy) is 2. The molecule has 0 atom stereocenters. The highest BCUT2D eigenvalue weighted by atomic mass is 35.5. The lowest BCUT2D eigenvalue weighted by atomic mass is 10.1. The number of Topliss-reactive ketones (excluding diaryl/α,β-unsaturated/α-hetero) is 1. The Bertz CT molecular complexity index is 1490. The topological polar surface area (TPSA) is 86.6 Å². The van der Waals surface area contributed by atoms with Crippen molar-refractivity contribution in [3.63, 3.8) is 0 Å². The first-order valence-electron chi connectivity index (χ1n) is 11.2. The monoisotopic (exact) mass is 500 g/mol. The van der Waals surface area contributed by atoms with Gasteiger partial charge in [-0.2, -0.15) is 0 Å². The fourth-order valence-electron chi connectivity index (χ4n) is 3.98. The molecule has 1 aliphatic heterocycles. The molecule has 0 saturated carbocycles. The minimum atomic E-state index is -0.847. The predicted molar refractivity (Wildman–Crippen MR) is 135 cm³/mol. The molecule has 1 aliphatic rings. The van der Waals surface area contributed by atoms with Crippen LogP contribution < -0.4 is 10.1 Å². The van der Waals surface area contributed by atoms with Crippen LogP contribution in [0.1, 0.15) is 21.5 Å². The highest BCUT2D eigenvalue weighted by molar-refractivity contribution is 6.45. The smallest absolute Gasteiger partial charge is 0.333 e. The van der Waals surface area contributed by atoms with Crippen LogP contribution in [0.5, 0.6) is 5.75 Å². The number of halogens is 1. The van der Waals surface area contributed by atoms with Gasteiger partial charge in [-0.1, -0.05) is 54.1 Å². The highest BCUT2D eigenvalue weighted by Gasteiger charge is 2.25. The fraction of sp³-hybridized carbons (Fsp3) is 0.107. The van der Waals surface area contributed by atoms with Gasteiger partial charge < -0.3 is 19.4 Å². The van der Waals surface area contributed by atoms with Crippen molar-refractivity contribution >= 4 is 40.2 Å². The number of cyclic esters (lactones) is 1. The van der Waals surface area contributed by atoms with E-state index in [2.05, 4.69) is 5.32 Å². The van der Waals surface area contributed by atoms with E-state index < -0.39 is 17.7 Å². The number of aromatic nitrogens is 1. The minimum Gasteiger partial charge on any atom is -0.489 e. The maximum Gasteiger partial charge on any atom is 0.333 e. The molecule has 7 nitrogen and oxygen atoms in total. The first-order chi connectivity index (χ1) is 17.5. The molecule has 0 aliphatic carbocycles. The van der Waals surface area contributed by atoms with Crippen LogP contribution in [-0.2, 0) is 27.5 Å². The van der Waals surface area contributed by atoms with Gasteiger partial charge in [-0.25, -0.2) is 4.79 Å². The minimum absolute atomic E-state index is 0.0757. The third-order valence-electron chi connectivity index (χ3n) is 5.75. The lowest BCUT2D eigenvalue weighted by Gasteiger charge is -2.09. The average Bonchev–Trinajstić information content (AvgIpc) is 3.46. The number of nitrogens with zero attached hydrogens (tertiary/aromatic N) is 1. The van der Waals surface area contributed by atoms with E-state index in [1.54, 1.807) is 24.4 Å². The van der Waals surface area contributed by atoms with E-state index in [1.807, 2.05) is 59.2 Å². The molecule has 8 heteroatoms. The number of rotatable bonds is 8. The summed E-state index contributed by atoms with van der Waals surface area (Å²) in [7, 11) is 0. The van der Waals surface area contributed by atoms with Crippen molar-refractivity contribution in [1.29, 1.82) is 0 Å². The Morgan fingerprint density at radius 1 is 1.00 bits per heavy atom. The summed E-state index contributed by atoms with van der Waals surface area (Å²) in [5.41, 5.74) is 3.24. The number of nitrogens with one attached hydrogen (secondary N) is 1. The maximum atomic E-state index is 13.2. The van der Waals surface area contributed by atoms with E-state index in [4.69, 9.17) is 21.1 Å². The lowest BCUT2D eigenvalue weighted by Crippen LogP contribution is -2.31. The van der Waals surface area contributed by atoms with E-state index in [1.165, 1.54) is 0 Å². The molecular weight excluding hydrogens is 480 g/mol. The number of fused-ring (bicyclic) bond motifs is 1. The molecule has 0 unspecified atom stereocenters. The summed E-state index contributed by atoms with van der Waals surface area (Å²) in [5, 5.41) is 3.69. The van der Waals surface area contributed by atoms with Gasteiger partial charge in [0.15, 0.2) is 0 Å². The molecular formula is C28H21ClN2O5. The van der Waals surface area contributed by atoms with Gasteiger partial charge in [0.2, 0.25) is 0 Å². The van der Waals surface area contributed by atoms with Gasteiger partial charge in [-0.3, -0.25) is 9.59 Å². The van der Waals surface area contributed by atoms with Crippen molar-refractivity contribution in [1.82, 2.24) is 9.88 Å². The predicted octanol–water partition coefficient (Wildman–Crippen LogP) is 4.66. The summed E-state index contributed by atoms with van der Waals surface area (Å²) in [6.07, 6.45) is 2.82. The molecule has 0 fully saturated rings. The molecule has 0 radical (unpaired) electrons. The first-order valence-corrected chi connectivity index (χ1v) is 11.6. The van der Waals surface area contributed by atoms with Crippen LogP contribution in [0.25, 0.3) is 10.9 Å². The van der Waals surface area contributed by atoms with E-state index in [0.29, 0.717) is 29.3 Å². The summed E-state index contributed by atoms with van der Waals surface area (Å²) in [6.45, 7) is 0.762. The summed E-state index contributed by atoms with van der Waals surface area (Å²) in [6, 6.07) is 22.6. The van der Waals surface area contributed by atoms with Crippen LogP contribution >= 0.6 is 11.6 Å². The molecule has 1 N–H and O–H groups in total. The van der Waals surface area contributed by atoms with E-state index in [9.17, 15) is 14.4 Å². The zero-order valence-corrected chi connectivity index (χ0v) is 19.8. The Morgan fingerprint density at radius 2 is 1.78 bits per heavy atom. The van der Waals surface area contributed by atoms with E-state index in [-0.39, 0.29) is 17.9 Å². The van der Waals surface area contributed by atoms with E-state index in [0.717, 1.165) is 22.7 Å². The Morgan fingerprint density at radius 3 is 2.50 bits per heavy atom.